The normalized spacial score (nSPS) is 11.3. The minimum absolute atomic E-state index is 0.0191. The van der Waals surface area contributed by atoms with E-state index in [1.54, 1.807) is 26.0 Å². The zero-order chi connectivity index (χ0) is 19.5. The van der Waals surface area contributed by atoms with Crippen molar-refractivity contribution in [1.82, 2.24) is 0 Å². The molecule has 0 atom stereocenters. The number of unbranched alkanes of at least 4 members (excludes halogenated alkanes) is 1. The van der Waals surface area contributed by atoms with Crippen molar-refractivity contribution in [3.05, 3.63) is 58.5 Å². The van der Waals surface area contributed by atoms with Crippen LogP contribution in [0, 0.1) is 0 Å². The van der Waals surface area contributed by atoms with E-state index in [0.29, 0.717) is 23.9 Å². The van der Waals surface area contributed by atoms with Gasteiger partial charge < -0.3 is 19.3 Å². The fourth-order valence-corrected chi connectivity index (χ4v) is 3.53. The number of hydrogen-bond donors (Lipinski definition) is 1. The van der Waals surface area contributed by atoms with Crippen molar-refractivity contribution in [2.24, 2.45) is 0 Å². The van der Waals surface area contributed by atoms with Gasteiger partial charge in [-0.15, -0.1) is 11.8 Å². The summed E-state index contributed by atoms with van der Waals surface area (Å²) in [5, 5.41) is 9.63. The predicted octanol–water partition coefficient (Wildman–Crippen LogP) is 5.15. The minimum Gasteiger partial charge on any atom is -0.493 e. The van der Waals surface area contributed by atoms with Crippen LogP contribution in [0.5, 0.6) is 17.2 Å². The van der Waals surface area contributed by atoms with Gasteiger partial charge in [-0.3, -0.25) is 0 Å². The number of methoxy groups -OCH3 is 2. The van der Waals surface area contributed by atoms with Crippen LogP contribution in [-0.4, -0.2) is 31.7 Å². The van der Waals surface area contributed by atoms with Gasteiger partial charge in [0, 0.05) is 4.91 Å². The van der Waals surface area contributed by atoms with Crippen molar-refractivity contribution >= 4 is 17.8 Å². The van der Waals surface area contributed by atoms with Crippen LogP contribution in [-0.2, 0) is 6.61 Å². The molecule has 1 N–H and O–H groups in total. The van der Waals surface area contributed by atoms with E-state index >= 15 is 0 Å². The first-order valence-electron chi connectivity index (χ1n) is 9.08. The highest BCUT2D eigenvalue weighted by Gasteiger charge is 2.14. The Morgan fingerprint density at radius 1 is 1.07 bits per heavy atom. The molecule has 5 heteroatoms. The van der Waals surface area contributed by atoms with E-state index in [0.717, 1.165) is 34.6 Å². The highest BCUT2D eigenvalue weighted by Crippen LogP contribution is 2.40. The van der Waals surface area contributed by atoms with Crippen LogP contribution in [0.1, 0.15) is 30.9 Å². The summed E-state index contributed by atoms with van der Waals surface area (Å²) in [6, 6.07) is 13.8. The van der Waals surface area contributed by atoms with E-state index in [1.807, 2.05) is 48.5 Å². The van der Waals surface area contributed by atoms with E-state index in [2.05, 4.69) is 6.92 Å². The van der Waals surface area contributed by atoms with Crippen molar-refractivity contribution < 1.29 is 19.3 Å². The quantitative estimate of drug-likeness (QED) is 0.540. The highest BCUT2D eigenvalue weighted by molar-refractivity contribution is 8.03. The molecule has 0 fully saturated rings. The molecule has 0 saturated carbocycles. The molecule has 0 radical (unpaired) electrons. The lowest BCUT2D eigenvalue weighted by Crippen LogP contribution is -2.00. The maximum atomic E-state index is 9.63. The monoisotopic (exact) mass is 388 g/mol. The molecule has 2 aromatic rings. The van der Waals surface area contributed by atoms with E-state index in [4.69, 9.17) is 14.2 Å². The number of thioether (sulfide) groups is 1. The Morgan fingerprint density at radius 2 is 1.74 bits per heavy atom. The van der Waals surface area contributed by atoms with E-state index in [9.17, 15) is 5.11 Å². The van der Waals surface area contributed by atoms with Gasteiger partial charge >= 0.3 is 0 Å². The maximum absolute atomic E-state index is 9.63. The zero-order valence-corrected chi connectivity index (χ0v) is 17.1. The smallest absolute Gasteiger partial charge is 0.203 e. The Bertz CT molecular complexity index is 703. The van der Waals surface area contributed by atoms with Gasteiger partial charge in [0.25, 0.3) is 0 Å². The van der Waals surface area contributed by atoms with E-state index < -0.39 is 0 Å². The Kier molecular flexibility index (Phi) is 9.08. The summed E-state index contributed by atoms with van der Waals surface area (Å²) >= 11 is 1.68. The molecule has 0 amide bonds. The highest BCUT2D eigenvalue weighted by atomic mass is 32.2. The van der Waals surface area contributed by atoms with Gasteiger partial charge in [0.15, 0.2) is 11.5 Å². The average molecular weight is 389 g/mol. The van der Waals surface area contributed by atoms with Gasteiger partial charge in [0.1, 0.15) is 6.61 Å². The molecule has 0 spiro atoms. The fourth-order valence-electron chi connectivity index (χ4n) is 2.52. The number of hydrogen-bond acceptors (Lipinski definition) is 5. The summed E-state index contributed by atoms with van der Waals surface area (Å²) in [6.45, 7) is 2.61. The first-order chi connectivity index (χ1) is 13.2. The van der Waals surface area contributed by atoms with Gasteiger partial charge in [-0.05, 0) is 41.5 Å². The maximum Gasteiger partial charge on any atom is 0.203 e. The second-order valence-corrected chi connectivity index (χ2v) is 7.22. The number of aliphatic hydroxyl groups excluding tert-OH is 1. The van der Waals surface area contributed by atoms with Crippen molar-refractivity contribution in [2.45, 2.75) is 26.4 Å². The number of aliphatic hydroxyl groups is 1. The van der Waals surface area contributed by atoms with E-state index in [-0.39, 0.29) is 6.61 Å². The van der Waals surface area contributed by atoms with Crippen molar-refractivity contribution in [1.29, 1.82) is 0 Å². The van der Waals surface area contributed by atoms with Gasteiger partial charge in [-0.25, -0.2) is 0 Å². The molecule has 0 heterocycles. The third kappa shape index (κ3) is 6.52. The summed E-state index contributed by atoms with van der Waals surface area (Å²) in [7, 11) is 3.22. The topological polar surface area (TPSA) is 47.9 Å². The summed E-state index contributed by atoms with van der Waals surface area (Å²) < 4.78 is 17.0. The van der Waals surface area contributed by atoms with Crippen LogP contribution in [0.2, 0.25) is 0 Å². The van der Waals surface area contributed by atoms with Crippen LogP contribution in [0.4, 0.5) is 0 Å². The van der Waals surface area contributed by atoms with Crippen LogP contribution >= 0.6 is 11.8 Å². The molecule has 0 aromatic heterocycles. The Morgan fingerprint density at radius 3 is 2.30 bits per heavy atom. The van der Waals surface area contributed by atoms with Crippen molar-refractivity contribution in [3.63, 3.8) is 0 Å². The van der Waals surface area contributed by atoms with Gasteiger partial charge in [-0.2, -0.15) is 0 Å². The van der Waals surface area contributed by atoms with Crippen LogP contribution in [0.25, 0.3) is 6.08 Å². The first-order valence-corrected chi connectivity index (χ1v) is 10.1. The lowest BCUT2D eigenvalue weighted by atomic mass is 10.1. The molecule has 146 valence electrons. The standard InChI is InChI=1S/C22H28O4S/c1-4-5-11-27-19(15-23)12-18-13-20(24-2)22(21(14-18)25-3)26-16-17-9-7-6-8-10-17/h6-10,12-14,23H,4-5,11,15-16H2,1-3H3/b19-12-. The number of benzene rings is 2. The molecule has 2 aromatic carbocycles. The molecule has 0 saturated heterocycles. The lowest BCUT2D eigenvalue weighted by Gasteiger charge is -2.16. The molecule has 2 rings (SSSR count). The van der Waals surface area contributed by atoms with Crippen LogP contribution in [0.15, 0.2) is 47.4 Å². The molecule has 0 aliphatic heterocycles. The third-order valence-electron chi connectivity index (χ3n) is 3.98. The molecular formula is C22H28O4S. The molecule has 0 unspecified atom stereocenters. The molecule has 4 nitrogen and oxygen atoms in total. The fraction of sp³-hybridized carbons (Fsp3) is 0.364. The number of ether oxygens (including phenoxy) is 3. The second kappa shape index (κ2) is 11.6. The van der Waals surface area contributed by atoms with Gasteiger partial charge in [-0.1, -0.05) is 43.7 Å². The molecule has 0 bridgehead atoms. The molecule has 0 aliphatic rings. The summed E-state index contributed by atoms with van der Waals surface area (Å²) in [5.41, 5.74) is 1.98. The predicted molar refractivity (Wildman–Crippen MR) is 113 cm³/mol. The second-order valence-electron chi connectivity index (χ2n) is 6.00. The van der Waals surface area contributed by atoms with Crippen LogP contribution in [0.3, 0.4) is 0 Å². The molecule has 27 heavy (non-hydrogen) atoms. The summed E-state index contributed by atoms with van der Waals surface area (Å²) in [5.74, 6) is 2.78. The SMILES string of the molecule is CCCCS/C(=C\c1cc(OC)c(OCc2ccccc2)c(OC)c1)CO. The summed E-state index contributed by atoms with van der Waals surface area (Å²) in [6.07, 6.45) is 4.23. The molecule has 0 aliphatic carbocycles. The largest absolute Gasteiger partial charge is 0.493 e. The van der Waals surface area contributed by atoms with Gasteiger partial charge in [0.05, 0.1) is 20.8 Å². The van der Waals surface area contributed by atoms with E-state index in [1.165, 1.54) is 0 Å². The Labute approximate surface area is 166 Å². The zero-order valence-electron chi connectivity index (χ0n) is 16.2. The minimum atomic E-state index is 0.0191. The average Bonchev–Trinajstić information content (AvgIpc) is 2.72. The lowest BCUT2D eigenvalue weighted by molar-refractivity contribution is 0.266. The summed E-state index contributed by atoms with van der Waals surface area (Å²) in [4.78, 5) is 0.922. The Hall–Kier alpha value is -2.11. The van der Waals surface area contributed by atoms with Crippen molar-refractivity contribution in [2.75, 3.05) is 26.6 Å². The van der Waals surface area contributed by atoms with Gasteiger partial charge in [0.2, 0.25) is 5.75 Å². The third-order valence-corrected chi connectivity index (χ3v) is 5.09. The van der Waals surface area contributed by atoms with Crippen LogP contribution < -0.4 is 14.2 Å². The number of rotatable bonds is 11. The first kappa shape index (κ1) is 21.2. The Balaban J connectivity index is 2.23. The molecular weight excluding hydrogens is 360 g/mol. The van der Waals surface area contributed by atoms with Crippen molar-refractivity contribution in [3.8, 4) is 17.2 Å².